The molecule has 26 heavy (non-hydrogen) atoms. The zero-order chi connectivity index (χ0) is 18.8. The van der Waals surface area contributed by atoms with E-state index in [1.54, 1.807) is 12.3 Å². The number of carbonyl (C=O) groups excluding carboxylic acids is 3. The maximum absolute atomic E-state index is 12.4. The summed E-state index contributed by atoms with van der Waals surface area (Å²) >= 11 is 0.815. The van der Waals surface area contributed by atoms with Gasteiger partial charge in [-0.2, -0.15) is 0 Å². The van der Waals surface area contributed by atoms with E-state index >= 15 is 0 Å². The summed E-state index contributed by atoms with van der Waals surface area (Å²) in [6, 6.07) is 7.57. The number of methoxy groups -OCH3 is 1. The van der Waals surface area contributed by atoms with E-state index in [0.717, 1.165) is 39.4 Å². The fraction of sp³-hybridized carbons (Fsp3) is 0.222. The van der Waals surface area contributed by atoms with Crippen LogP contribution in [0.15, 0.2) is 35.4 Å². The number of esters is 1. The predicted molar refractivity (Wildman–Crippen MR) is 97.7 cm³/mol. The molecule has 0 atom stereocenters. The third-order valence-corrected chi connectivity index (χ3v) is 4.93. The largest absolute Gasteiger partial charge is 0.468 e. The minimum absolute atomic E-state index is 0.278. The highest BCUT2D eigenvalue weighted by molar-refractivity contribution is 8.18. The summed E-state index contributed by atoms with van der Waals surface area (Å²) < 4.78 is 6.50. The normalized spacial score (nSPS) is 15.8. The summed E-state index contributed by atoms with van der Waals surface area (Å²) in [4.78, 5) is 41.3. The van der Waals surface area contributed by atoms with Gasteiger partial charge in [0, 0.05) is 17.6 Å². The van der Waals surface area contributed by atoms with Gasteiger partial charge in [-0.15, -0.1) is 0 Å². The van der Waals surface area contributed by atoms with Crippen LogP contribution >= 0.6 is 11.8 Å². The molecule has 8 heteroatoms. The van der Waals surface area contributed by atoms with Crippen LogP contribution in [0.5, 0.6) is 0 Å². The fourth-order valence-corrected chi connectivity index (χ4v) is 3.57. The van der Waals surface area contributed by atoms with E-state index < -0.39 is 17.1 Å². The van der Waals surface area contributed by atoms with Gasteiger partial charge in [0.2, 0.25) is 0 Å². The van der Waals surface area contributed by atoms with Gasteiger partial charge in [-0.3, -0.25) is 19.3 Å². The van der Waals surface area contributed by atoms with Crippen molar-refractivity contribution in [2.45, 2.75) is 13.8 Å². The molecule has 1 aliphatic heterocycles. The summed E-state index contributed by atoms with van der Waals surface area (Å²) in [5.41, 5.74) is 2.68. The van der Waals surface area contributed by atoms with Crippen molar-refractivity contribution < 1.29 is 19.1 Å². The van der Waals surface area contributed by atoms with Crippen LogP contribution in [0.1, 0.15) is 17.0 Å². The number of carbonyl (C=O) groups is 3. The fourth-order valence-electron chi connectivity index (χ4n) is 2.74. The molecule has 0 aliphatic carbocycles. The van der Waals surface area contributed by atoms with E-state index in [2.05, 4.69) is 9.72 Å². The molecule has 2 aromatic rings. The quantitative estimate of drug-likeness (QED) is 0.607. The highest BCUT2D eigenvalue weighted by atomic mass is 32.2. The molecule has 0 spiro atoms. The lowest BCUT2D eigenvalue weighted by molar-refractivity contribution is -0.143. The first kappa shape index (κ1) is 17.9. The number of aryl methyl sites for hydroxylation is 1. The molecule has 0 radical (unpaired) electrons. The minimum Gasteiger partial charge on any atom is -0.468 e. The van der Waals surface area contributed by atoms with Crippen LogP contribution < -0.4 is 0 Å². The second-order valence-corrected chi connectivity index (χ2v) is 6.69. The number of thioether (sulfide) groups is 1. The van der Waals surface area contributed by atoms with Gasteiger partial charge in [0.25, 0.3) is 11.1 Å². The Morgan fingerprint density at radius 3 is 2.73 bits per heavy atom. The standard InChI is InChI=1S/C18H17N3O4S/c1-11-8-13(12(2)21(11)15-6-4-5-7-19-15)9-14-17(23)20(18(24)26-14)10-16(22)25-3/h4-9H,10H2,1-3H3. The Bertz CT molecular complexity index is 918. The molecule has 0 saturated carbocycles. The smallest absolute Gasteiger partial charge is 0.325 e. The summed E-state index contributed by atoms with van der Waals surface area (Å²) in [6.45, 7) is 3.49. The van der Waals surface area contributed by atoms with Crippen LogP contribution in [0.3, 0.4) is 0 Å². The monoisotopic (exact) mass is 371 g/mol. The van der Waals surface area contributed by atoms with E-state index in [9.17, 15) is 14.4 Å². The van der Waals surface area contributed by atoms with E-state index in [4.69, 9.17) is 0 Å². The first-order valence-corrected chi connectivity index (χ1v) is 8.66. The molecule has 7 nitrogen and oxygen atoms in total. The average molecular weight is 371 g/mol. The van der Waals surface area contributed by atoms with Crippen LogP contribution in [-0.2, 0) is 14.3 Å². The molecule has 1 aliphatic rings. The lowest BCUT2D eigenvalue weighted by atomic mass is 10.2. The highest BCUT2D eigenvalue weighted by Crippen LogP contribution is 2.33. The second kappa shape index (κ2) is 7.17. The van der Waals surface area contributed by atoms with Crippen LogP contribution in [0, 0.1) is 13.8 Å². The van der Waals surface area contributed by atoms with Crippen LogP contribution in [0.25, 0.3) is 11.9 Å². The van der Waals surface area contributed by atoms with Crippen LogP contribution in [0.2, 0.25) is 0 Å². The van der Waals surface area contributed by atoms with Crippen molar-refractivity contribution in [2.24, 2.45) is 0 Å². The average Bonchev–Trinajstić information content (AvgIpc) is 3.05. The molecule has 3 rings (SSSR count). The van der Waals surface area contributed by atoms with Crippen molar-refractivity contribution in [3.63, 3.8) is 0 Å². The molecule has 0 N–H and O–H groups in total. The third-order valence-electron chi connectivity index (χ3n) is 4.02. The molecular formula is C18H17N3O4S. The predicted octanol–water partition coefficient (Wildman–Crippen LogP) is 2.70. The van der Waals surface area contributed by atoms with Crippen LogP contribution in [0.4, 0.5) is 4.79 Å². The van der Waals surface area contributed by atoms with Gasteiger partial charge >= 0.3 is 5.97 Å². The van der Waals surface area contributed by atoms with Crippen molar-refractivity contribution in [1.29, 1.82) is 0 Å². The van der Waals surface area contributed by atoms with Gasteiger partial charge in [-0.25, -0.2) is 4.98 Å². The lowest BCUT2D eigenvalue weighted by Crippen LogP contribution is -2.34. The van der Waals surface area contributed by atoms with E-state index in [1.165, 1.54) is 7.11 Å². The van der Waals surface area contributed by atoms with Gasteiger partial charge in [0.1, 0.15) is 12.4 Å². The molecule has 1 fully saturated rings. The second-order valence-electron chi connectivity index (χ2n) is 5.69. The first-order chi connectivity index (χ1) is 12.4. The van der Waals surface area contributed by atoms with Gasteiger partial charge in [0.15, 0.2) is 0 Å². The van der Waals surface area contributed by atoms with Gasteiger partial charge in [0.05, 0.1) is 12.0 Å². The van der Waals surface area contributed by atoms with Gasteiger partial charge < -0.3 is 9.30 Å². The van der Waals surface area contributed by atoms with E-state index in [1.807, 2.05) is 42.7 Å². The molecule has 2 amide bonds. The lowest BCUT2D eigenvalue weighted by Gasteiger charge is -2.09. The number of imide groups is 1. The molecule has 3 heterocycles. The van der Waals surface area contributed by atoms with Gasteiger partial charge in [-0.05, 0) is 55.4 Å². The number of ether oxygens (including phenoxy) is 1. The maximum Gasteiger partial charge on any atom is 0.325 e. The zero-order valence-electron chi connectivity index (χ0n) is 14.6. The number of amides is 2. The van der Waals surface area contributed by atoms with Crippen molar-refractivity contribution >= 4 is 35.0 Å². The number of aromatic nitrogens is 2. The Labute approximate surface area is 154 Å². The summed E-state index contributed by atoms with van der Waals surface area (Å²) in [7, 11) is 1.21. The molecule has 0 bridgehead atoms. The number of rotatable bonds is 4. The topological polar surface area (TPSA) is 81.5 Å². The Hall–Kier alpha value is -2.87. The zero-order valence-corrected chi connectivity index (χ0v) is 15.4. The minimum atomic E-state index is -0.637. The maximum atomic E-state index is 12.4. The Morgan fingerprint density at radius 1 is 1.31 bits per heavy atom. The number of hydrogen-bond donors (Lipinski definition) is 0. The number of nitrogens with zero attached hydrogens (tertiary/aromatic N) is 3. The van der Waals surface area contributed by atoms with Crippen molar-refractivity contribution in [3.8, 4) is 5.82 Å². The Balaban J connectivity index is 1.93. The van der Waals surface area contributed by atoms with Crippen molar-refractivity contribution in [2.75, 3.05) is 13.7 Å². The van der Waals surface area contributed by atoms with Crippen molar-refractivity contribution in [3.05, 3.63) is 52.3 Å². The first-order valence-electron chi connectivity index (χ1n) is 7.85. The van der Waals surface area contributed by atoms with Crippen molar-refractivity contribution in [1.82, 2.24) is 14.5 Å². The molecule has 0 aromatic carbocycles. The summed E-state index contributed by atoms with van der Waals surface area (Å²) in [6.07, 6.45) is 3.38. The molecule has 134 valence electrons. The molecule has 2 aromatic heterocycles. The Kier molecular flexibility index (Phi) is 4.94. The molecule has 1 saturated heterocycles. The summed E-state index contributed by atoms with van der Waals surface area (Å²) in [5.74, 6) is -0.351. The van der Waals surface area contributed by atoms with Gasteiger partial charge in [-0.1, -0.05) is 6.07 Å². The summed E-state index contributed by atoms with van der Waals surface area (Å²) in [5, 5.41) is -0.481. The number of hydrogen-bond acceptors (Lipinski definition) is 6. The number of pyridine rings is 1. The Morgan fingerprint density at radius 2 is 2.08 bits per heavy atom. The molecule has 0 unspecified atom stereocenters. The SMILES string of the molecule is COC(=O)CN1C(=O)SC(=Cc2cc(C)n(-c3ccccn3)c2C)C1=O. The third kappa shape index (κ3) is 3.28. The van der Waals surface area contributed by atoms with Crippen LogP contribution in [-0.4, -0.2) is 45.2 Å². The highest BCUT2D eigenvalue weighted by Gasteiger charge is 2.36. The van der Waals surface area contributed by atoms with E-state index in [-0.39, 0.29) is 11.4 Å². The van der Waals surface area contributed by atoms with E-state index in [0.29, 0.717) is 0 Å². The molecular weight excluding hydrogens is 354 g/mol.